The van der Waals surface area contributed by atoms with Crippen molar-refractivity contribution in [1.29, 1.82) is 0 Å². The first-order valence-corrected chi connectivity index (χ1v) is 8.29. The predicted molar refractivity (Wildman–Crippen MR) is 85.4 cm³/mol. The summed E-state index contributed by atoms with van der Waals surface area (Å²) in [4.78, 5) is 4.73. The Labute approximate surface area is 132 Å². The zero-order valence-electron chi connectivity index (χ0n) is 11.5. The molecule has 1 fully saturated rings. The minimum Gasteiger partial charge on any atom is -0.373 e. The third kappa shape index (κ3) is 2.74. The largest absolute Gasteiger partial charge is 0.373 e. The summed E-state index contributed by atoms with van der Waals surface area (Å²) in [5, 5.41) is 0. The van der Waals surface area contributed by atoms with Crippen molar-refractivity contribution in [2.45, 2.75) is 38.3 Å². The zero-order valence-corrected chi connectivity index (χ0v) is 13.9. The summed E-state index contributed by atoms with van der Waals surface area (Å²) in [6.45, 7) is 3.89. The molecule has 3 rings (SSSR count). The van der Waals surface area contributed by atoms with E-state index in [9.17, 15) is 0 Å². The van der Waals surface area contributed by atoms with Gasteiger partial charge >= 0.3 is 0 Å². The van der Waals surface area contributed by atoms with E-state index in [0.29, 0.717) is 5.88 Å². The van der Waals surface area contributed by atoms with Gasteiger partial charge in [0.15, 0.2) is 0 Å². The first-order chi connectivity index (χ1) is 9.61. The van der Waals surface area contributed by atoms with Gasteiger partial charge in [-0.25, -0.2) is 4.98 Å². The predicted octanol–water partition coefficient (Wildman–Crippen LogP) is 4.15. The highest BCUT2D eigenvalue weighted by molar-refractivity contribution is 9.10. The number of aromatic nitrogens is 2. The summed E-state index contributed by atoms with van der Waals surface area (Å²) < 4.78 is 9.25. The van der Waals surface area contributed by atoms with Crippen molar-refractivity contribution < 1.29 is 4.74 Å². The van der Waals surface area contributed by atoms with Crippen LogP contribution in [0.3, 0.4) is 0 Å². The highest BCUT2D eigenvalue weighted by Crippen LogP contribution is 2.30. The molecule has 0 bridgehead atoms. The maximum Gasteiger partial charge on any atom is 0.111 e. The molecule has 0 aliphatic carbocycles. The number of ether oxygens (including phenoxy) is 1. The van der Waals surface area contributed by atoms with Gasteiger partial charge in [0.1, 0.15) is 5.82 Å². The van der Waals surface area contributed by atoms with Gasteiger partial charge in [-0.2, -0.15) is 0 Å². The van der Waals surface area contributed by atoms with Gasteiger partial charge in [0, 0.05) is 23.4 Å². The SMILES string of the molecule is CC1(Cn2c(CCCl)nc3cc(Br)ccc32)CCCO1. The van der Waals surface area contributed by atoms with E-state index >= 15 is 0 Å². The number of aryl methyl sites for hydroxylation is 1. The molecule has 0 radical (unpaired) electrons. The van der Waals surface area contributed by atoms with Gasteiger partial charge in [-0.05, 0) is 38.0 Å². The van der Waals surface area contributed by atoms with E-state index in [2.05, 4.69) is 45.6 Å². The third-order valence-corrected chi connectivity index (χ3v) is 4.58. The number of fused-ring (bicyclic) bond motifs is 1. The molecule has 2 aromatic rings. The van der Waals surface area contributed by atoms with Crippen LogP contribution < -0.4 is 0 Å². The van der Waals surface area contributed by atoms with Gasteiger partial charge < -0.3 is 9.30 Å². The molecule has 1 atom stereocenters. The van der Waals surface area contributed by atoms with E-state index in [0.717, 1.165) is 53.7 Å². The minimum absolute atomic E-state index is 0.0816. The van der Waals surface area contributed by atoms with E-state index in [4.69, 9.17) is 21.3 Å². The van der Waals surface area contributed by atoms with Gasteiger partial charge in [-0.1, -0.05) is 15.9 Å². The minimum atomic E-state index is -0.0816. The molecule has 1 unspecified atom stereocenters. The lowest BCUT2D eigenvalue weighted by Crippen LogP contribution is -2.30. The van der Waals surface area contributed by atoms with Crippen LogP contribution in [-0.2, 0) is 17.7 Å². The number of nitrogens with zero attached hydrogens (tertiary/aromatic N) is 2. The van der Waals surface area contributed by atoms with Crippen molar-refractivity contribution in [2.24, 2.45) is 0 Å². The number of halogens is 2. The molecule has 0 N–H and O–H groups in total. The fourth-order valence-corrected chi connectivity index (χ4v) is 3.42. The molecule has 20 heavy (non-hydrogen) atoms. The van der Waals surface area contributed by atoms with Crippen LogP contribution in [0.2, 0.25) is 0 Å². The van der Waals surface area contributed by atoms with Crippen LogP contribution >= 0.6 is 27.5 Å². The number of imidazole rings is 1. The highest BCUT2D eigenvalue weighted by atomic mass is 79.9. The average Bonchev–Trinajstić information content (AvgIpc) is 2.96. The van der Waals surface area contributed by atoms with Gasteiger partial charge in [0.05, 0.1) is 23.2 Å². The number of hydrogen-bond acceptors (Lipinski definition) is 2. The summed E-state index contributed by atoms with van der Waals surface area (Å²) >= 11 is 9.43. The van der Waals surface area contributed by atoms with Gasteiger partial charge in [-0.15, -0.1) is 11.6 Å². The Morgan fingerprint density at radius 1 is 1.50 bits per heavy atom. The molecule has 1 aliphatic heterocycles. The van der Waals surface area contributed by atoms with Crippen LogP contribution in [-0.4, -0.2) is 27.6 Å². The summed E-state index contributed by atoms with van der Waals surface area (Å²) in [6, 6.07) is 6.23. The Balaban J connectivity index is 2.04. The van der Waals surface area contributed by atoms with Crippen LogP contribution in [0.15, 0.2) is 22.7 Å². The summed E-state index contributed by atoms with van der Waals surface area (Å²) in [7, 11) is 0. The van der Waals surface area contributed by atoms with E-state index < -0.39 is 0 Å². The van der Waals surface area contributed by atoms with Crippen LogP contribution in [0, 0.1) is 0 Å². The molecule has 108 valence electrons. The second-order valence-electron chi connectivity index (χ2n) is 5.59. The monoisotopic (exact) mass is 356 g/mol. The molecule has 0 spiro atoms. The van der Waals surface area contributed by atoms with Crippen LogP contribution in [0.25, 0.3) is 11.0 Å². The number of alkyl halides is 1. The summed E-state index contributed by atoms with van der Waals surface area (Å²) in [5.74, 6) is 1.63. The van der Waals surface area contributed by atoms with Crippen LogP contribution in [0.4, 0.5) is 0 Å². The quantitative estimate of drug-likeness (QED) is 0.769. The molecule has 1 saturated heterocycles. The fraction of sp³-hybridized carbons (Fsp3) is 0.533. The molecule has 1 aromatic carbocycles. The lowest BCUT2D eigenvalue weighted by molar-refractivity contribution is 0.00653. The molecule has 1 aliphatic rings. The van der Waals surface area contributed by atoms with Gasteiger partial charge in [0.2, 0.25) is 0 Å². The van der Waals surface area contributed by atoms with Crippen molar-refractivity contribution in [3.05, 3.63) is 28.5 Å². The van der Waals surface area contributed by atoms with Crippen molar-refractivity contribution in [2.75, 3.05) is 12.5 Å². The van der Waals surface area contributed by atoms with Crippen molar-refractivity contribution in [3.8, 4) is 0 Å². The Hall–Kier alpha value is -0.580. The lowest BCUT2D eigenvalue weighted by Gasteiger charge is -2.25. The normalized spacial score (nSPS) is 22.8. The molecule has 0 saturated carbocycles. The smallest absolute Gasteiger partial charge is 0.111 e. The molecule has 3 nitrogen and oxygen atoms in total. The Morgan fingerprint density at radius 3 is 3.05 bits per heavy atom. The second-order valence-corrected chi connectivity index (χ2v) is 6.88. The fourth-order valence-electron chi connectivity index (χ4n) is 2.90. The zero-order chi connectivity index (χ0) is 14.2. The molecule has 0 amide bonds. The first kappa shape index (κ1) is 14.4. The van der Waals surface area contributed by atoms with E-state index in [1.54, 1.807) is 0 Å². The Morgan fingerprint density at radius 2 is 2.35 bits per heavy atom. The molecule has 2 heterocycles. The van der Waals surface area contributed by atoms with E-state index in [1.807, 2.05) is 0 Å². The molecular weight excluding hydrogens is 340 g/mol. The van der Waals surface area contributed by atoms with Crippen LogP contribution in [0.1, 0.15) is 25.6 Å². The maximum absolute atomic E-state index is 5.93. The van der Waals surface area contributed by atoms with Crippen molar-refractivity contribution >= 4 is 38.6 Å². The average molecular weight is 358 g/mol. The summed E-state index contributed by atoms with van der Waals surface area (Å²) in [6.07, 6.45) is 3.02. The lowest BCUT2D eigenvalue weighted by atomic mass is 10.0. The topological polar surface area (TPSA) is 27.1 Å². The number of benzene rings is 1. The standard InChI is InChI=1S/C15H18BrClN2O/c1-15(6-2-8-20-15)10-19-13-4-3-11(16)9-12(13)18-14(19)5-7-17/h3-4,9H,2,5-8,10H2,1H3. The number of hydrogen-bond donors (Lipinski definition) is 0. The number of rotatable bonds is 4. The maximum atomic E-state index is 5.93. The Kier molecular flexibility index (Phi) is 4.07. The molecular formula is C15H18BrClN2O. The van der Waals surface area contributed by atoms with Crippen molar-refractivity contribution in [3.63, 3.8) is 0 Å². The van der Waals surface area contributed by atoms with Crippen LogP contribution in [0.5, 0.6) is 0 Å². The second kappa shape index (κ2) is 5.66. The van der Waals surface area contributed by atoms with E-state index in [-0.39, 0.29) is 5.60 Å². The van der Waals surface area contributed by atoms with E-state index in [1.165, 1.54) is 0 Å². The Bertz CT molecular complexity index is 620. The molecule has 1 aromatic heterocycles. The summed E-state index contributed by atoms with van der Waals surface area (Å²) in [5.41, 5.74) is 2.09. The third-order valence-electron chi connectivity index (χ3n) is 3.90. The highest BCUT2D eigenvalue weighted by Gasteiger charge is 2.31. The van der Waals surface area contributed by atoms with Gasteiger partial charge in [-0.3, -0.25) is 0 Å². The first-order valence-electron chi connectivity index (χ1n) is 6.96. The van der Waals surface area contributed by atoms with Gasteiger partial charge in [0.25, 0.3) is 0 Å². The molecule has 5 heteroatoms. The van der Waals surface area contributed by atoms with Crippen molar-refractivity contribution in [1.82, 2.24) is 9.55 Å².